The van der Waals surface area contributed by atoms with Crippen LogP contribution >= 0.6 is 0 Å². The summed E-state index contributed by atoms with van der Waals surface area (Å²) in [5.41, 5.74) is 4.40. The maximum Gasteiger partial charge on any atom is 0.135 e. The fourth-order valence-electron chi connectivity index (χ4n) is 0.989. The summed E-state index contributed by atoms with van der Waals surface area (Å²) in [5, 5.41) is 9.70. The highest BCUT2D eigenvalue weighted by atomic mass is 16.4. The molecule has 62 valence electrons. The molecule has 3 nitrogen and oxygen atoms in total. The van der Waals surface area contributed by atoms with E-state index in [-0.39, 0.29) is 0 Å². The van der Waals surface area contributed by atoms with Crippen LogP contribution in [0.25, 0.3) is 0 Å². The van der Waals surface area contributed by atoms with Crippen LogP contribution < -0.4 is 5.73 Å². The van der Waals surface area contributed by atoms with E-state index in [9.17, 15) is 5.11 Å². The monoisotopic (exact) mass is 155 g/mol. The van der Waals surface area contributed by atoms with Gasteiger partial charge in [-0.2, -0.15) is 0 Å². The minimum Gasteiger partial charge on any atom is -0.466 e. The van der Waals surface area contributed by atoms with E-state index in [4.69, 9.17) is 10.2 Å². The van der Waals surface area contributed by atoms with Crippen LogP contribution in [-0.2, 0) is 5.60 Å². The first-order chi connectivity index (χ1) is 5.17. The average Bonchev–Trinajstić information content (AvgIpc) is 2.37. The predicted molar refractivity (Wildman–Crippen MR) is 42.0 cm³/mol. The maximum absolute atomic E-state index is 9.70. The van der Waals surface area contributed by atoms with Crippen LogP contribution in [0.15, 0.2) is 22.8 Å². The Balaban J connectivity index is 2.73. The van der Waals surface area contributed by atoms with Crippen LogP contribution in [0.5, 0.6) is 0 Å². The van der Waals surface area contributed by atoms with E-state index < -0.39 is 5.60 Å². The molecule has 0 aliphatic rings. The molecule has 0 saturated carbocycles. The molecule has 0 fully saturated rings. The van der Waals surface area contributed by atoms with E-state index in [1.165, 1.54) is 0 Å². The van der Waals surface area contributed by atoms with Gasteiger partial charge in [0.15, 0.2) is 0 Å². The molecule has 0 aliphatic heterocycles. The van der Waals surface area contributed by atoms with E-state index in [1.807, 2.05) is 0 Å². The van der Waals surface area contributed by atoms with Crippen LogP contribution in [0.3, 0.4) is 0 Å². The van der Waals surface area contributed by atoms with Crippen LogP contribution in [-0.4, -0.2) is 11.7 Å². The highest BCUT2D eigenvalue weighted by molar-refractivity contribution is 5.07. The molecule has 1 rings (SSSR count). The second-order valence-electron chi connectivity index (χ2n) is 2.79. The van der Waals surface area contributed by atoms with Crippen LogP contribution in [0, 0.1) is 0 Å². The minimum absolute atomic E-state index is 0.452. The lowest BCUT2D eigenvalue weighted by molar-refractivity contribution is 0.0278. The Labute approximate surface area is 65.8 Å². The molecule has 0 saturated heterocycles. The molecule has 3 N–H and O–H groups in total. The van der Waals surface area contributed by atoms with Crippen molar-refractivity contribution in [1.29, 1.82) is 0 Å². The van der Waals surface area contributed by atoms with E-state index in [0.29, 0.717) is 18.7 Å². The molecule has 0 aliphatic carbocycles. The lowest BCUT2D eigenvalue weighted by Gasteiger charge is -2.18. The first kappa shape index (κ1) is 8.30. The van der Waals surface area contributed by atoms with Gasteiger partial charge in [0, 0.05) is 0 Å². The Morgan fingerprint density at radius 1 is 1.73 bits per heavy atom. The third-order valence-corrected chi connectivity index (χ3v) is 1.68. The van der Waals surface area contributed by atoms with Gasteiger partial charge in [-0.1, -0.05) is 0 Å². The van der Waals surface area contributed by atoms with Gasteiger partial charge < -0.3 is 15.3 Å². The molecule has 0 bridgehead atoms. The molecule has 0 amide bonds. The third-order valence-electron chi connectivity index (χ3n) is 1.68. The topological polar surface area (TPSA) is 59.4 Å². The molecule has 1 aromatic rings. The smallest absolute Gasteiger partial charge is 0.135 e. The summed E-state index contributed by atoms with van der Waals surface area (Å²) in [5.74, 6) is 0.572. The van der Waals surface area contributed by atoms with Gasteiger partial charge in [-0.3, -0.25) is 0 Å². The quantitative estimate of drug-likeness (QED) is 0.679. The van der Waals surface area contributed by atoms with Gasteiger partial charge in [-0.05, 0) is 32.0 Å². The largest absolute Gasteiger partial charge is 0.466 e. The second-order valence-corrected chi connectivity index (χ2v) is 2.79. The zero-order valence-corrected chi connectivity index (χ0v) is 6.58. The number of hydrogen-bond acceptors (Lipinski definition) is 3. The van der Waals surface area contributed by atoms with Crippen molar-refractivity contribution in [2.75, 3.05) is 6.54 Å². The van der Waals surface area contributed by atoms with Crippen molar-refractivity contribution in [3.05, 3.63) is 24.2 Å². The summed E-state index contributed by atoms with van der Waals surface area (Å²) in [6.07, 6.45) is 2.06. The van der Waals surface area contributed by atoms with E-state index in [2.05, 4.69) is 0 Å². The van der Waals surface area contributed by atoms with Crippen LogP contribution in [0.4, 0.5) is 0 Å². The number of aliphatic hydroxyl groups is 1. The number of hydrogen-bond donors (Lipinski definition) is 2. The fourth-order valence-corrected chi connectivity index (χ4v) is 0.989. The van der Waals surface area contributed by atoms with Crippen molar-refractivity contribution in [3.63, 3.8) is 0 Å². The highest BCUT2D eigenvalue weighted by Crippen LogP contribution is 2.23. The lowest BCUT2D eigenvalue weighted by atomic mass is 10.00. The third kappa shape index (κ3) is 1.82. The summed E-state index contributed by atoms with van der Waals surface area (Å²) >= 11 is 0. The Bertz CT molecular complexity index is 204. The van der Waals surface area contributed by atoms with E-state index >= 15 is 0 Å². The Morgan fingerprint density at radius 2 is 2.45 bits per heavy atom. The molecular weight excluding hydrogens is 142 g/mol. The van der Waals surface area contributed by atoms with Gasteiger partial charge in [0.1, 0.15) is 11.4 Å². The lowest BCUT2D eigenvalue weighted by Crippen LogP contribution is -2.24. The van der Waals surface area contributed by atoms with Gasteiger partial charge in [-0.15, -0.1) is 0 Å². The van der Waals surface area contributed by atoms with E-state index in [0.717, 1.165) is 0 Å². The molecule has 3 heteroatoms. The number of furan rings is 1. The average molecular weight is 155 g/mol. The highest BCUT2D eigenvalue weighted by Gasteiger charge is 2.24. The van der Waals surface area contributed by atoms with Crippen molar-refractivity contribution in [3.8, 4) is 0 Å². The predicted octanol–water partition coefficient (Wildman–Crippen LogP) is 0.836. The standard InChI is InChI=1S/C8H13NO2/c1-8(10,4-5-9)7-3-2-6-11-7/h2-3,6,10H,4-5,9H2,1H3. The first-order valence-electron chi connectivity index (χ1n) is 3.63. The molecule has 11 heavy (non-hydrogen) atoms. The molecule has 1 unspecified atom stereocenters. The molecule has 0 aromatic carbocycles. The van der Waals surface area contributed by atoms with Crippen LogP contribution in [0.1, 0.15) is 19.1 Å². The summed E-state index contributed by atoms with van der Waals surface area (Å²) in [4.78, 5) is 0. The SMILES string of the molecule is CC(O)(CCN)c1ccco1. The van der Waals surface area contributed by atoms with Gasteiger partial charge in [0.2, 0.25) is 0 Å². The first-order valence-corrected chi connectivity index (χ1v) is 3.63. The number of nitrogens with two attached hydrogens (primary N) is 1. The molecule has 1 heterocycles. The Hall–Kier alpha value is -0.800. The van der Waals surface area contributed by atoms with Crippen LogP contribution in [0.2, 0.25) is 0 Å². The Kier molecular flexibility index (Phi) is 2.31. The van der Waals surface area contributed by atoms with E-state index in [1.54, 1.807) is 25.3 Å². The van der Waals surface area contributed by atoms with Crippen molar-refractivity contribution < 1.29 is 9.52 Å². The molecule has 1 atom stereocenters. The summed E-state index contributed by atoms with van der Waals surface area (Å²) < 4.78 is 5.05. The summed E-state index contributed by atoms with van der Waals surface area (Å²) in [6, 6.07) is 3.50. The summed E-state index contributed by atoms with van der Waals surface area (Å²) in [6.45, 7) is 2.15. The second kappa shape index (κ2) is 3.07. The van der Waals surface area contributed by atoms with Crippen molar-refractivity contribution in [1.82, 2.24) is 0 Å². The van der Waals surface area contributed by atoms with Gasteiger partial charge in [-0.25, -0.2) is 0 Å². The fraction of sp³-hybridized carbons (Fsp3) is 0.500. The van der Waals surface area contributed by atoms with Gasteiger partial charge >= 0.3 is 0 Å². The molecular formula is C8H13NO2. The van der Waals surface area contributed by atoms with Gasteiger partial charge in [0.25, 0.3) is 0 Å². The molecule has 0 spiro atoms. The zero-order valence-electron chi connectivity index (χ0n) is 6.58. The normalized spacial score (nSPS) is 16.3. The zero-order chi connectivity index (χ0) is 8.32. The maximum atomic E-state index is 9.70. The van der Waals surface area contributed by atoms with Crippen molar-refractivity contribution in [2.24, 2.45) is 5.73 Å². The van der Waals surface area contributed by atoms with Crippen molar-refractivity contribution in [2.45, 2.75) is 18.9 Å². The number of rotatable bonds is 3. The molecule has 0 radical (unpaired) electrons. The van der Waals surface area contributed by atoms with Gasteiger partial charge in [0.05, 0.1) is 6.26 Å². The Morgan fingerprint density at radius 3 is 2.91 bits per heavy atom. The molecule has 1 aromatic heterocycles. The summed E-state index contributed by atoms with van der Waals surface area (Å²) in [7, 11) is 0. The minimum atomic E-state index is -0.918. The van der Waals surface area contributed by atoms with Crippen molar-refractivity contribution >= 4 is 0 Å².